The van der Waals surface area contributed by atoms with E-state index < -0.39 is 34.1 Å². The molecule has 0 aliphatic carbocycles. The number of nitrogens with one attached hydrogen (secondary N) is 1. The molecule has 27 heavy (non-hydrogen) atoms. The molecule has 0 saturated carbocycles. The lowest BCUT2D eigenvalue weighted by molar-refractivity contribution is -0.120. The largest absolute Gasteiger partial charge is 0.352 e. The highest BCUT2D eigenvalue weighted by Crippen LogP contribution is 2.20. The summed E-state index contributed by atoms with van der Waals surface area (Å²) in [5, 5.41) is 2.74. The minimum absolute atomic E-state index is 0.108. The molecular formula is C19H22F2N2O3S. The van der Waals surface area contributed by atoms with Crippen LogP contribution < -0.4 is 9.62 Å². The molecule has 2 aromatic rings. The number of hydrogen-bond acceptors (Lipinski definition) is 3. The van der Waals surface area contributed by atoms with Gasteiger partial charge in [-0.05, 0) is 37.5 Å². The van der Waals surface area contributed by atoms with E-state index in [0.29, 0.717) is 6.42 Å². The average Bonchev–Trinajstić information content (AvgIpc) is 2.60. The van der Waals surface area contributed by atoms with Crippen LogP contribution in [0.1, 0.15) is 18.9 Å². The van der Waals surface area contributed by atoms with Crippen molar-refractivity contribution in [3.05, 3.63) is 65.7 Å². The first-order valence-electron chi connectivity index (χ1n) is 8.43. The molecule has 1 atom stereocenters. The van der Waals surface area contributed by atoms with Gasteiger partial charge in [-0.3, -0.25) is 9.10 Å². The standard InChI is InChI=1S/C19H22F2N2O3S/c1-14(8-9-15-6-4-3-5-7-15)22-19(24)13-23(27(2,25)26)16-10-11-17(20)18(21)12-16/h3-7,10-12,14H,8-9,13H2,1-2H3,(H,22,24)/t14-/m0/s1. The minimum atomic E-state index is -3.85. The molecule has 8 heteroatoms. The van der Waals surface area contributed by atoms with Crippen molar-refractivity contribution >= 4 is 21.6 Å². The average molecular weight is 396 g/mol. The van der Waals surface area contributed by atoms with Crippen LogP contribution in [0, 0.1) is 11.6 Å². The third-order valence-electron chi connectivity index (χ3n) is 3.99. The second-order valence-electron chi connectivity index (χ2n) is 6.36. The van der Waals surface area contributed by atoms with Crippen LogP contribution in [0.25, 0.3) is 0 Å². The molecule has 0 fully saturated rings. The molecule has 0 aliphatic heterocycles. The number of nitrogens with zero attached hydrogens (tertiary/aromatic N) is 1. The quantitative estimate of drug-likeness (QED) is 0.746. The number of halogens is 2. The molecule has 1 amide bonds. The van der Waals surface area contributed by atoms with Crippen molar-refractivity contribution in [1.29, 1.82) is 0 Å². The Morgan fingerprint density at radius 1 is 1.11 bits per heavy atom. The van der Waals surface area contributed by atoms with Crippen LogP contribution in [0.3, 0.4) is 0 Å². The van der Waals surface area contributed by atoms with E-state index in [2.05, 4.69) is 5.32 Å². The van der Waals surface area contributed by atoms with Gasteiger partial charge >= 0.3 is 0 Å². The Hall–Kier alpha value is -2.48. The summed E-state index contributed by atoms with van der Waals surface area (Å²) in [5.74, 6) is -2.80. The third kappa shape index (κ3) is 6.32. The number of carbonyl (C=O) groups is 1. The first-order valence-corrected chi connectivity index (χ1v) is 10.3. The zero-order valence-corrected chi connectivity index (χ0v) is 16.0. The van der Waals surface area contributed by atoms with Crippen LogP contribution in [-0.2, 0) is 21.2 Å². The van der Waals surface area contributed by atoms with E-state index in [1.54, 1.807) is 0 Å². The molecular weight excluding hydrogens is 374 g/mol. The number of carbonyl (C=O) groups excluding carboxylic acids is 1. The van der Waals surface area contributed by atoms with Gasteiger partial charge in [-0.1, -0.05) is 30.3 Å². The molecule has 0 radical (unpaired) electrons. The predicted molar refractivity (Wildman–Crippen MR) is 101 cm³/mol. The lowest BCUT2D eigenvalue weighted by Gasteiger charge is -2.23. The van der Waals surface area contributed by atoms with Gasteiger partial charge < -0.3 is 5.32 Å². The molecule has 2 rings (SSSR count). The fraction of sp³-hybridized carbons (Fsp3) is 0.316. The van der Waals surface area contributed by atoms with E-state index in [4.69, 9.17) is 0 Å². The van der Waals surface area contributed by atoms with Crippen LogP contribution >= 0.6 is 0 Å². The van der Waals surface area contributed by atoms with Gasteiger partial charge in [0, 0.05) is 12.1 Å². The topological polar surface area (TPSA) is 66.5 Å². The van der Waals surface area contributed by atoms with Gasteiger partial charge in [0.15, 0.2) is 11.6 Å². The Kier molecular flexibility index (Phi) is 6.90. The number of anilines is 1. The van der Waals surface area contributed by atoms with Crippen LogP contribution in [0.2, 0.25) is 0 Å². The molecule has 1 N–H and O–H groups in total. The molecule has 0 spiro atoms. The summed E-state index contributed by atoms with van der Waals surface area (Å²) in [6.45, 7) is 1.31. The van der Waals surface area contributed by atoms with Crippen molar-refractivity contribution in [2.45, 2.75) is 25.8 Å². The predicted octanol–water partition coefficient (Wildman–Crippen LogP) is 2.87. The zero-order valence-electron chi connectivity index (χ0n) is 15.2. The maximum Gasteiger partial charge on any atom is 0.240 e. The Morgan fingerprint density at radius 3 is 2.37 bits per heavy atom. The van der Waals surface area contributed by atoms with Crippen LogP contribution in [0.5, 0.6) is 0 Å². The zero-order chi connectivity index (χ0) is 20.0. The van der Waals surface area contributed by atoms with Crippen molar-refractivity contribution in [1.82, 2.24) is 5.32 Å². The van der Waals surface area contributed by atoms with E-state index in [0.717, 1.165) is 40.7 Å². The molecule has 0 saturated heterocycles. The fourth-order valence-electron chi connectivity index (χ4n) is 2.59. The summed E-state index contributed by atoms with van der Waals surface area (Å²) in [4.78, 5) is 12.3. The summed E-state index contributed by atoms with van der Waals surface area (Å²) < 4.78 is 51.3. The van der Waals surface area contributed by atoms with Gasteiger partial charge in [0.05, 0.1) is 11.9 Å². The molecule has 5 nitrogen and oxygen atoms in total. The summed E-state index contributed by atoms with van der Waals surface area (Å²) in [5.41, 5.74) is 1.03. The molecule has 0 unspecified atom stereocenters. The highest BCUT2D eigenvalue weighted by molar-refractivity contribution is 7.92. The van der Waals surface area contributed by atoms with Crippen LogP contribution in [-0.4, -0.2) is 33.2 Å². The lowest BCUT2D eigenvalue weighted by Crippen LogP contribution is -2.43. The van der Waals surface area contributed by atoms with E-state index in [-0.39, 0.29) is 11.7 Å². The van der Waals surface area contributed by atoms with Crippen molar-refractivity contribution in [2.24, 2.45) is 0 Å². The monoisotopic (exact) mass is 396 g/mol. The lowest BCUT2D eigenvalue weighted by atomic mass is 10.1. The van der Waals surface area contributed by atoms with E-state index in [1.807, 2.05) is 37.3 Å². The molecule has 0 bridgehead atoms. The SMILES string of the molecule is C[C@@H](CCc1ccccc1)NC(=O)CN(c1ccc(F)c(F)c1)S(C)(=O)=O. The minimum Gasteiger partial charge on any atom is -0.352 e. The van der Waals surface area contributed by atoms with Crippen molar-refractivity contribution in [3.8, 4) is 0 Å². The van der Waals surface area contributed by atoms with Crippen molar-refractivity contribution < 1.29 is 22.0 Å². The molecule has 0 heterocycles. The van der Waals surface area contributed by atoms with E-state index in [9.17, 15) is 22.0 Å². The maximum atomic E-state index is 13.4. The fourth-order valence-corrected chi connectivity index (χ4v) is 3.44. The number of sulfonamides is 1. The van der Waals surface area contributed by atoms with Crippen molar-refractivity contribution in [3.63, 3.8) is 0 Å². The summed E-state index contributed by atoms with van der Waals surface area (Å²) >= 11 is 0. The van der Waals surface area contributed by atoms with Crippen LogP contribution in [0.15, 0.2) is 48.5 Å². The second kappa shape index (κ2) is 8.94. The first kappa shape index (κ1) is 20.8. The van der Waals surface area contributed by atoms with Gasteiger partial charge in [0.25, 0.3) is 0 Å². The smallest absolute Gasteiger partial charge is 0.240 e. The Morgan fingerprint density at radius 2 is 1.78 bits per heavy atom. The summed E-state index contributed by atoms with van der Waals surface area (Å²) in [6, 6.07) is 12.3. The number of benzene rings is 2. The van der Waals surface area contributed by atoms with Gasteiger partial charge in [-0.15, -0.1) is 0 Å². The Balaban J connectivity index is 2.00. The normalized spacial score (nSPS) is 12.4. The highest BCUT2D eigenvalue weighted by Gasteiger charge is 2.22. The molecule has 2 aromatic carbocycles. The number of aryl methyl sites for hydroxylation is 1. The van der Waals surface area contributed by atoms with E-state index >= 15 is 0 Å². The number of amides is 1. The van der Waals surface area contributed by atoms with Gasteiger partial charge in [-0.2, -0.15) is 0 Å². The Labute approximate surface area is 158 Å². The first-order chi connectivity index (χ1) is 12.7. The molecule has 0 aromatic heterocycles. The van der Waals surface area contributed by atoms with Crippen molar-refractivity contribution in [2.75, 3.05) is 17.1 Å². The maximum absolute atomic E-state index is 13.4. The summed E-state index contributed by atoms with van der Waals surface area (Å²) in [6.07, 6.45) is 2.35. The second-order valence-corrected chi connectivity index (χ2v) is 8.27. The third-order valence-corrected chi connectivity index (χ3v) is 5.14. The van der Waals surface area contributed by atoms with Gasteiger partial charge in [0.2, 0.25) is 15.9 Å². The molecule has 0 aliphatic rings. The highest BCUT2D eigenvalue weighted by atomic mass is 32.2. The molecule has 146 valence electrons. The van der Waals surface area contributed by atoms with E-state index in [1.165, 1.54) is 0 Å². The summed E-state index contributed by atoms with van der Waals surface area (Å²) in [7, 11) is -3.85. The number of hydrogen-bond donors (Lipinski definition) is 1. The van der Waals surface area contributed by atoms with Gasteiger partial charge in [0.1, 0.15) is 6.54 Å². The number of rotatable bonds is 8. The van der Waals surface area contributed by atoms with Gasteiger partial charge in [-0.25, -0.2) is 17.2 Å². The Bertz CT molecular complexity index is 889. The van der Waals surface area contributed by atoms with Crippen LogP contribution in [0.4, 0.5) is 14.5 Å².